The monoisotopic (exact) mass is 204 g/mol. The predicted molar refractivity (Wildman–Crippen MR) is 56.2 cm³/mol. The summed E-state index contributed by atoms with van der Waals surface area (Å²) in [6.07, 6.45) is -0.517. The Morgan fingerprint density at radius 1 is 1.53 bits per heavy atom. The van der Waals surface area contributed by atoms with Crippen molar-refractivity contribution in [1.82, 2.24) is 0 Å². The van der Waals surface area contributed by atoms with Gasteiger partial charge in [-0.25, -0.2) is 0 Å². The molecule has 1 aromatic carbocycles. The first-order valence-corrected chi connectivity index (χ1v) is 4.70. The van der Waals surface area contributed by atoms with Crippen LogP contribution in [-0.4, -0.2) is 24.1 Å². The standard InChI is InChI=1S/C12H12O3/c1-7-5-8-3-4-9(15-2)6-10(8)12(14)11(7)13/h3-4,6,11,13H,1,5H2,2H3. The van der Waals surface area contributed by atoms with Crippen molar-refractivity contribution in [3.63, 3.8) is 0 Å². The Morgan fingerprint density at radius 3 is 2.93 bits per heavy atom. The lowest BCUT2D eigenvalue weighted by atomic mass is 9.85. The van der Waals surface area contributed by atoms with Crippen molar-refractivity contribution < 1.29 is 14.6 Å². The molecule has 1 aliphatic carbocycles. The van der Waals surface area contributed by atoms with Crippen LogP contribution in [0, 0.1) is 0 Å². The summed E-state index contributed by atoms with van der Waals surface area (Å²) < 4.78 is 5.03. The van der Waals surface area contributed by atoms with Gasteiger partial charge in [0, 0.05) is 5.56 Å². The van der Waals surface area contributed by atoms with E-state index in [9.17, 15) is 9.90 Å². The molecule has 0 spiro atoms. The number of fused-ring (bicyclic) bond motifs is 1. The van der Waals surface area contributed by atoms with E-state index in [4.69, 9.17) is 4.74 Å². The molecule has 0 aliphatic heterocycles. The van der Waals surface area contributed by atoms with Gasteiger partial charge in [-0.05, 0) is 29.7 Å². The highest BCUT2D eigenvalue weighted by atomic mass is 16.5. The van der Waals surface area contributed by atoms with E-state index >= 15 is 0 Å². The number of ketones is 1. The number of hydrogen-bond acceptors (Lipinski definition) is 3. The van der Waals surface area contributed by atoms with Crippen LogP contribution in [0.15, 0.2) is 30.4 Å². The second kappa shape index (κ2) is 3.51. The van der Waals surface area contributed by atoms with Gasteiger partial charge in [-0.2, -0.15) is 0 Å². The van der Waals surface area contributed by atoms with E-state index in [0.29, 0.717) is 23.3 Å². The van der Waals surface area contributed by atoms with E-state index in [1.807, 2.05) is 6.07 Å². The third-order valence-electron chi connectivity index (χ3n) is 2.64. The fraction of sp³-hybridized carbons (Fsp3) is 0.250. The summed E-state index contributed by atoms with van der Waals surface area (Å²) in [6.45, 7) is 3.68. The van der Waals surface area contributed by atoms with Crippen LogP contribution in [0.5, 0.6) is 5.75 Å². The Bertz CT molecular complexity index is 434. The minimum absolute atomic E-state index is 0.292. The number of ether oxygens (including phenoxy) is 1. The first-order chi connectivity index (χ1) is 7.13. The van der Waals surface area contributed by atoms with Crippen LogP contribution in [-0.2, 0) is 6.42 Å². The van der Waals surface area contributed by atoms with Crippen LogP contribution >= 0.6 is 0 Å². The molecule has 0 radical (unpaired) electrons. The first-order valence-electron chi connectivity index (χ1n) is 4.70. The summed E-state index contributed by atoms with van der Waals surface area (Å²) in [5.41, 5.74) is 1.99. The molecule has 0 saturated carbocycles. The third kappa shape index (κ3) is 1.55. The van der Waals surface area contributed by atoms with Crippen molar-refractivity contribution in [2.75, 3.05) is 7.11 Å². The van der Waals surface area contributed by atoms with Gasteiger partial charge in [-0.1, -0.05) is 12.6 Å². The van der Waals surface area contributed by atoms with Gasteiger partial charge < -0.3 is 9.84 Å². The van der Waals surface area contributed by atoms with E-state index in [1.54, 1.807) is 19.2 Å². The second-order valence-corrected chi connectivity index (χ2v) is 3.62. The summed E-state index contributed by atoms with van der Waals surface area (Å²) in [5, 5.41) is 9.57. The molecule has 1 N–H and O–H groups in total. The lowest BCUT2D eigenvalue weighted by molar-refractivity contribution is 0.0791. The molecule has 78 valence electrons. The first kappa shape index (κ1) is 9.93. The molecule has 1 unspecified atom stereocenters. The Balaban J connectivity index is 2.51. The fourth-order valence-electron chi connectivity index (χ4n) is 1.74. The molecular weight excluding hydrogens is 192 g/mol. The molecule has 3 nitrogen and oxygen atoms in total. The van der Waals surface area contributed by atoms with E-state index in [1.165, 1.54) is 0 Å². The lowest BCUT2D eigenvalue weighted by Crippen LogP contribution is -2.29. The van der Waals surface area contributed by atoms with Crippen LogP contribution < -0.4 is 4.74 Å². The number of hydrogen-bond donors (Lipinski definition) is 1. The normalized spacial score (nSPS) is 20.0. The highest BCUT2D eigenvalue weighted by molar-refractivity contribution is 6.04. The maximum absolute atomic E-state index is 11.7. The van der Waals surface area contributed by atoms with Crippen LogP contribution in [0.1, 0.15) is 15.9 Å². The van der Waals surface area contributed by atoms with Crippen molar-refractivity contribution in [2.45, 2.75) is 12.5 Å². The number of carbonyl (C=O) groups is 1. The van der Waals surface area contributed by atoms with E-state index < -0.39 is 6.10 Å². The molecule has 1 aromatic rings. The molecule has 1 atom stereocenters. The van der Waals surface area contributed by atoms with Gasteiger partial charge in [0.1, 0.15) is 11.9 Å². The molecule has 0 heterocycles. The number of aliphatic hydroxyl groups is 1. The summed E-state index contributed by atoms with van der Waals surface area (Å²) >= 11 is 0. The Hall–Kier alpha value is -1.61. The quantitative estimate of drug-likeness (QED) is 0.702. The van der Waals surface area contributed by atoms with Gasteiger partial charge in [0.15, 0.2) is 5.78 Å². The molecule has 15 heavy (non-hydrogen) atoms. The minimum atomic E-state index is -1.07. The number of aliphatic hydroxyl groups excluding tert-OH is 1. The van der Waals surface area contributed by atoms with Crippen molar-refractivity contribution >= 4 is 5.78 Å². The van der Waals surface area contributed by atoms with Crippen molar-refractivity contribution in [1.29, 1.82) is 0 Å². The molecule has 2 rings (SSSR count). The van der Waals surface area contributed by atoms with E-state index in [2.05, 4.69) is 6.58 Å². The van der Waals surface area contributed by atoms with Crippen LogP contribution in [0.4, 0.5) is 0 Å². The topological polar surface area (TPSA) is 46.5 Å². The zero-order valence-electron chi connectivity index (χ0n) is 8.49. The van der Waals surface area contributed by atoms with E-state index in [0.717, 1.165) is 5.56 Å². The maximum Gasteiger partial charge on any atom is 0.195 e. The minimum Gasteiger partial charge on any atom is -0.497 e. The maximum atomic E-state index is 11.7. The van der Waals surface area contributed by atoms with Crippen LogP contribution in [0.3, 0.4) is 0 Å². The molecule has 1 aliphatic rings. The molecule has 0 bridgehead atoms. The van der Waals surface area contributed by atoms with Gasteiger partial charge in [0.2, 0.25) is 0 Å². The highest BCUT2D eigenvalue weighted by Crippen LogP contribution is 2.27. The summed E-state index contributed by atoms with van der Waals surface area (Å²) in [5.74, 6) is 0.335. The molecule has 0 fully saturated rings. The smallest absolute Gasteiger partial charge is 0.195 e. The Kier molecular flexibility index (Phi) is 2.32. The van der Waals surface area contributed by atoms with Gasteiger partial charge in [-0.15, -0.1) is 0 Å². The third-order valence-corrected chi connectivity index (χ3v) is 2.64. The Labute approximate surface area is 88.0 Å². The zero-order chi connectivity index (χ0) is 11.0. The SMILES string of the molecule is C=C1Cc2ccc(OC)cc2C(=O)C1O. The van der Waals surface area contributed by atoms with Crippen molar-refractivity contribution in [3.05, 3.63) is 41.5 Å². The van der Waals surface area contributed by atoms with Crippen LogP contribution in [0.2, 0.25) is 0 Å². The highest BCUT2D eigenvalue weighted by Gasteiger charge is 2.28. The summed E-state index contributed by atoms with van der Waals surface area (Å²) in [6, 6.07) is 5.30. The fourth-order valence-corrected chi connectivity index (χ4v) is 1.74. The number of methoxy groups -OCH3 is 1. The summed E-state index contributed by atoms with van der Waals surface area (Å²) in [7, 11) is 1.55. The van der Waals surface area contributed by atoms with Crippen molar-refractivity contribution in [3.8, 4) is 5.75 Å². The lowest BCUT2D eigenvalue weighted by Gasteiger charge is -2.22. The number of carbonyl (C=O) groups excluding carboxylic acids is 1. The zero-order valence-corrected chi connectivity index (χ0v) is 8.49. The second-order valence-electron chi connectivity index (χ2n) is 3.62. The largest absolute Gasteiger partial charge is 0.497 e. The molecule has 0 amide bonds. The Morgan fingerprint density at radius 2 is 2.27 bits per heavy atom. The number of rotatable bonds is 1. The van der Waals surface area contributed by atoms with Gasteiger partial charge in [0.25, 0.3) is 0 Å². The average Bonchev–Trinajstić information content (AvgIpc) is 2.26. The van der Waals surface area contributed by atoms with Crippen LogP contribution in [0.25, 0.3) is 0 Å². The molecule has 0 aromatic heterocycles. The average molecular weight is 204 g/mol. The molecule has 3 heteroatoms. The molecule has 0 saturated heterocycles. The number of benzene rings is 1. The van der Waals surface area contributed by atoms with Crippen molar-refractivity contribution in [2.24, 2.45) is 0 Å². The molecular formula is C12H12O3. The summed E-state index contributed by atoms with van der Waals surface area (Å²) in [4.78, 5) is 11.7. The van der Waals surface area contributed by atoms with Gasteiger partial charge in [-0.3, -0.25) is 4.79 Å². The predicted octanol–water partition coefficient (Wildman–Crippen LogP) is 1.35. The van der Waals surface area contributed by atoms with E-state index in [-0.39, 0.29) is 5.78 Å². The number of Topliss-reactive ketones (excluding diaryl/α,β-unsaturated/α-hetero) is 1. The van der Waals surface area contributed by atoms with Gasteiger partial charge in [0.05, 0.1) is 7.11 Å². The van der Waals surface area contributed by atoms with Gasteiger partial charge >= 0.3 is 0 Å².